The molecule has 5 heteroatoms. The number of halogens is 1. The molecule has 2 aromatic heterocycles. The van der Waals surface area contributed by atoms with E-state index in [-0.39, 0.29) is 5.56 Å². The van der Waals surface area contributed by atoms with Gasteiger partial charge in [-0.1, -0.05) is 13.8 Å². The van der Waals surface area contributed by atoms with Crippen molar-refractivity contribution >= 4 is 32.2 Å². The zero-order valence-corrected chi connectivity index (χ0v) is 10.6. The Bertz CT molecular complexity index is 489. The van der Waals surface area contributed by atoms with Crippen LogP contribution in [0.5, 0.6) is 0 Å². The van der Waals surface area contributed by atoms with Gasteiger partial charge in [0.1, 0.15) is 4.47 Å². The maximum atomic E-state index is 11.5. The maximum Gasteiger partial charge on any atom is 0.273 e. The fourth-order valence-electron chi connectivity index (χ4n) is 0.961. The fourth-order valence-corrected chi connectivity index (χ4v) is 1.99. The first kappa shape index (κ1) is 11.4. The molecule has 0 radical (unpaired) electrons. The lowest BCUT2D eigenvalue weighted by Gasteiger charge is -1.96. The van der Waals surface area contributed by atoms with E-state index in [1.807, 2.05) is 26.2 Å². The van der Waals surface area contributed by atoms with Gasteiger partial charge in [-0.2, -0.15) is 0 Å². The van der Waals surface area contributed by atoms with Gasteiger partial charge >= 0.3 is 0 Å². The third-order valence-electron chi connectivity index (χ3n) is 1.58. The predicted octanol–water partition coefficient (Wildman–Crippen LogP) is 2.85. The smallest absolute Gasteiger partial charge is 0.268 e. The Balaban J connectivity index is 0.000000461. The molecule has 0 saturated carbocycles. The van der Waals surface area contributed by atoms with Gasteiger partial charge in [0.15, 0.2) is 4.96 Å². The standard InChI is InChI=1S/C7H5BrN2OS.C2H6/c1-4-5(8)6(11)10-2-3-12-7(10)9-4;1-2/h2-3H,1H3;1-2H3. The van der Waals surface area contributed by atoms with E-state index in [9.17, 15) is 4.79 Å². The monoisotopic (exact) mass is 274 g/mol. The molecule has 0 unspecified atom stereocenters. The van der Waals surface area contributed by atoms with Gasteiger partial charge < -0.3 is 0 Å². The van der Waals surface area contributed by atoms with Crippen LogP contribution in [0.2, 0.25) is 0 Å². The Morgan fingerprint density at radius 2 is 2.14 bits per heavy atom. The van der Waals surface area contributed by atoms with Gasteiger partial charge in [-0.3, -0.25) is 9.20 Å². The van der Waals surface area contributed by atoms with Crippen molar-refractivity contribution in [2.45, 2.75) is 20.8 Å². The molecule has 3 nitrogen and oxygen atoms in total. The summed E-state index contributed by atoms with van der Waals surface area (Å²) in [5.74, 6) is 0. The van der Waals surface area contributed by atoms with Crippen molar-refractivity contribution in [2.24, 2.45) is 0 Å². The van der Waals surface area contributed by atoms with Crippen molar-refractivity contribution < 1.29 is 0 Å². The van der Waals surface area contributed by atoms with E-state index in [0.29, 0.717) is 4.47 Å². The quantitative estimate of drug-likeness (QED) is 0.741. The summed E-state index contributed by atoms with van der Waals surface area (Å²) in [5, 5.41) is 1.84. The van der Waals surface area contributed by atoms with E-state index in [1.165, 1.54) is 15.7 Å². The van der Waals surface area contributed by atoms with E-state index in [1.54, 1.807) is 6.20 Å². The van der Waals surface area contributed by atoms with Gasteiger partial charge in [0.05, 0.1) is 5.69 Å². The molecule has 0 spiro atoms. The number of hydrogen-bond donors (Lipinski definition) is 0. The molecule has 0 fully saturated rings. The number of rotatable bonds is 0. The summed E-state index contributed by atoms with van der Waals surface area (Å²) in [7, 11) is 0. The minimum Gasteiger partial charge on any atom is -0.268 e. The maximum absolute atomic E-state index is 11.5. The number of fused-ring (bicyclic) bond motifs is 1. The fraction of sp³-hybridized carbons (Fsp3) is 0.333. The topological polar surface area (TPSA) is 34.4 Å². The van der Waals surface area contributed by atoms with Crippen LogP contribution in [0.4, 0.5) is 0 Å². The summed E-state index contributed by atoms with van der Waals surface area (Å²) in [4.78, 5) is 16.5. The van der Waals surface area contributed by atoms with Crippen molar-refractivity contribution in [2.75, 3.05) is 0 Å². The second kappa shape index (κ2) is 4.70. The van der Waals surface area contributed by atoms with Crippen molar-refractivity contribution in [3.05, 3.63) is 32.1 Å². The predicted molar refractivity (Wildman–Crippen MR) is 63.1 cm³/mol. The molecule has 0 N–H and O–H groups in total. The Kier molecular flexibility index (Phi) is 3.83. The number of aromatic nitrogens is 2. The normalized spacial score (nSPS) is 9.71. The lowest BCUT2D eigenvalue weighted by molar-refractivity contribution is 1.03. The van der Waals surface area contributed by atoms with Crippen LogP contribution >= 0.6 is 27.3 Å². The Labute approximate surface area is 94.5 Å². The van der Waals surface area contributed by atoms with Crippen molar-refractivity contribution in [1.82, 2.24) is 9.38 Å². The second-order valence-corrected chi connectivity index (χ2v) is 4.04. The molecule has 0 atom stereocenters. The molecule has 76 valence electrons. The van der Waals surface area contributed by atoms with Crippen LogP contribution in [-0.4, -0.2) is 9.38 Å². The zero-order valence-electron chi connectivity index (χ0n) is 8.24. The highest BCUT2D eigenvalue weighted by Gasteiger charge is 2.06. The SMILES string of the molecule is CC.Cc1nc2sccn2c(=O)c1Br. The molecule has 0 saturated heterocycles. The van der Waals surface area contributed by atoms with Gasteiger partial charge in [-0.15, -0.1) is 11.3 Å². The highest BCUT2D eigenvalue weighted by atomic mass is 79.9. The molecule has 2 heterocycles. The van der Waals surface area contributed by atoms with Crippen molar-refractivity contribution in [1.29, 1.82) is 0 Å². The average Bonchev–Trinajstić information content (AvgIpc) is 2.65. The minimum absolute atomic E-state index is 0.0428. The molecule has 0 aliphatic carbocycles. The van der Waals surface area contributed by atoms with Gasteiger partial charge in [0, 0.05) is 11.6 Å². The van der Waals surface area contributed by atoms with Crippen molar-refractivity contribution in [3.8, 4) is 0 Å². The first-order valence-corrected chi connectivity index (χ1v) is 5.99. The van der Waals surface area contributed by atoms with Crippen LogP contribution in [0, 0.1) is 6.92 Å². The summed E-state index contributed by atoms with van der Waals surface area (Å²) >= 11 is 4.65. The second-order valence-electron chi connectivity index (χ2n) is 2.37. The molecule has 2 aromatic rings. The number of nitrogens with zero attached hydrogens (tertiary/aromatic N) is 2. The zero-order chi connectivity index (χ0) is 10.7. The van der Waals surface area contributed by atoms with Crippen LogP contribution in [0.25, 0.3) is 4.96 Å². The van der Waals surface area contributed by atoms with E-state index in [4.69, 9.17) is 0 Å². The first-order chi connectivity index (χ1) is 6.70. The number of thiazole rings is 1. The number of hydrogen-bond acceptors (Lipinski definition) is 3. The lowest BCUT2D eigenvalue weighted by atomic mass is 10.4. The molecule has 0 aliphatic heterocycles. The van der Waals surface area contributed by atoms with Crippen LogP contribution in [0.3, 0.4) is 0 Å². The first-order valence-electron chi connectivity index (χ1n) is 4.32. The van der Waals surface area contributed by atoms with Gasteiger partial charge in [-0.25, -0.2) is 4.98 Å². The van der Waals surface area contributed by atoms with Crippen LogP contribution in [-0.2, 0) is 0 Å². The number of aryl methyl sites for hydroxylation is 1. The summed E-state index contributed by atoms with van der Waals surface area (Å²) in [6.45, 7) is 5.81. The molecule has 0 aromatic carbocycles. The highest BCUT2D eigenvalue weighted by molar-refractivity contribution is 9.10. The van der Waals surface area contributed by atoms with Crippen LogP contribution < -0.4 is 5.56 Å². The Morgan fingerprint density at radius 1 is 1.50 bits per heavy atom. The van der Waals surface area contributed by atoms with E-state index >= 15 is 0 Å². The average molecular weight is 275 g/mol. The minimum atomic E-state index is -0.0428. The van der Waals surface area contributed by atoms with Crippen LogP contribution in [0.1, 0.15) is 19.5 Å². The Morgan fingerprint density at radius 3 is 2.79 bits per heavy atom. The highest BCUT2D eigenvalue weighted by Crippen LogP contribution is 2.12. The molecular weight excluding hydrogens is 264 g/mol. The molecule has 0 aliphatic rings. The molecule has 0 amide bonds. The van der Waals surface area contributed by atoms with Crippen LogP contribution in [0.15, 0.2) is 20.8 Å². The molecule has 0 bridgehead atoms. The van der Waals surface area contributed by atoms with E-state index < -0.39 is 0 Å². The largest absolute Gasteiger partial charge is 0.273 e. The summed E-state index contributed by atoms with van der Waals surface area (Å²) in [6, 6.07) is 0. The summed E-state index contributed by atoms with van der Waals surface area (Å²) in [5.41, 5.74) is 0.696. The van der Waals surface area contributed by atoms with Gasteiger partial charge in [0.25, 0.3) is 5.56 Å². The van der Waals surface area contributed by atoms with Gasteiger partial charge in [-0.05, 0) is 22.9 Å². The molecule has 2 rings (SSSR count). The molecular formula is C9H11BrN2OS. The van der Waals surface area contributed by atoms with E-state index in [2.05, 4.69) is 20.9 Å². The molecule has 14 heavy (non-hydrogen) atoms. The summed E-state index contributed by atoms with van der Waals surface area (Å²) in [6.07, 6.45) is 1.72. The lowest BCUT2D eigenvalue weighted by Crippen LogP contribution is -2.14. The van der Waals surface area contributed by atoms with Crippen molar-refractivity contribution in [3.63, 3.8) is 0 Å². The van der Waals surface area contributed by atoms with E-state index in [0.717, 1.165) is 10.7 Å². The van der Waals surface area contributed by atoms with Gasteiger partial charge in [0.2, 0.25) is 0 Å². The third-order valence-corrected chi connectivity index (χ3v) is 3.25. The Hall–Kier alpha value is -0.680. The third kappa shape index (κ3) is 1.88. The summed E-state index contributed by atoms with van der Waals surface area (Å²) < 4.78 is 2.07.